The van der Waals surface area contributed by atoms with Crippen LogP contribution >= 0.6 is 11.8 Å². The number of hydrogen-bond donors (Lipinski definition) is 2. The molecular weight excluding hydrogens is 434 g/mol. The monoisotopic (exact) mass is 451 g/mol. The number of para-hydroxylation sites is 1. The predicted molar refractivity (Wildman–Crippen MR) is 126 cm³/mol. The Morgan fingerprint density at radius 1 is 0.667 bits per heavy atom. The van der Waals surface area contributed by atoms with E-state index in [1.54, 1.807) is 84.9 Å². The molecule has 1 aliphatic carbocycles. The van der Waals surface area contributed by atoms with Crippen LogP contribution in [-0.4, -0.2) is 22.6 Å². The molecule has 0 spiro atoms. The van der Waals surface area contributed by atoms with Gasteiger partial charge in [0.1, 0.15) is 5.75 Å². The minimum atomic E-state index is -0.377. The standard InChI is InChI=1S/C27H17NO4S/c29-20-12-6-7-13-21(20)33-22-15-14-19(28-27(32)16-8-2-1-3-9-16)23-24(22)26(31)18-11-5-4-10-17(18)25(23)30/h1-15,29H,(H,28,32). The van der Waals surface area contributed by atoms with Crippen molar-refractivity contribution in [1.29, 1.82) is 0 Å². The fourth-order valence-corrected chi connectivity index (χ4v) is 4.82. The van der Waals surface area contributed by atoms with Crippen molar-refractivity contribution in [1.82, 2.24) is 0 Å². The second-order valence-corrected chi connectivity index (χ2v) is 8.54. The lowest BCUT2D eigenvalue weighted by Gasteiger charge is -2.23. The molecular formula is C27H17NO4S. The number of fused-ring (bicyclic) bond motifs is 2. The molecule has 33 heavy (non-hydrogen) atoms. The van der Waals surface area contributed by atoms with Gasteiger partial charge in [0.2, 0.25) is 0 Å². The molecule has 0 aliphatic heterocycles. The predicted octanol–water partition coefficient (Wildman–Crippen LogP) is 5.57. The van der Waals surface area contributed by atoms with Crippen molar-refractivity contribution in [2.75, 3.05) is 5.32 Å². The van der Waals surface area contributed by atoms with Crippen LogP contribution in [0.4, 0.5) is 5.69 Å². The number of hydrogen-bond acceptors (Lipinski definition) is 5. The highest BCUT2D eigenvalue weighted by Gasteiger charge is 2.34. The van der Waals surface area contributed by atoms with Crippen molar-refractivity contribution in [2.24, 2.45) is 0 Å². The van der Waals surface area contributed by atoms with Crippen LogP contribution < -0.4 is 5.32 Å². The van der Waals surface area contributed by atoms with E-state index in [0.717, 1.165) is 0 Å². The van der Waals surface area contributed by atoms with Crippen molar-refractivity contribution in [2.45, 2.75) is 9.79 Å². The van der Waals surface area contributed by atoms with E-state index in [4.69, 9.17) is 0 Å². The zero-order valence-electron chi connectivity index (χ0n) is 17.2. The fourth-order valence-electron chi connectivity index (χ4n) is 3.83. The molecule has 0 saturated carbocycles. The summed E-state index contributed by atoms with van der Waals surface area (Å²) in [7, 11) is 0. The van der Waals surface area contributed by atoms with E-state index in [1.165, 1.54) is 11.8 Å². The Morgan fingerprint density at radius 2 is 1.27 bits per heavy atom. The van der Waals surface area contributed by atoms with Crippen molar-refractivity contribution in [3.8, 4) is 5.75 Å². The Morgan fingerprint density at radius 3 is 1.97 bits per heavy atom. The molecule has 0 aromatic heterocycles. The maximum absolute atomic E-state index is 13.5. The minimum Gasteiger partial charge on any atom is -0.507 e. The number of carbonyl (C=O) groups excluding carboxylic acids is 3. The fraction of sp³-hybridized carbons (Fsp3) is 0. The van der Waals surface area contributed by atoms with Gasteiger partial charge in [-0.25, -0.2) is 0 Å². The number of anilines is 1. The second kappa shape index (κ2) is 8.41. The summed E-state index contributed by atoms with van der Waals surface area (Å²) in [5.41, 5.74) is 1.71. The summed E-state index contributed by atoms with van der Waals surface area (Å²) < 4.78 is 0. The first-order valence-corrected chi connectivity index (χ1v) is 11.0. The Hall–Kier alpha value is -4.16. The average molecular weight is 452 g/mol. The van der Waals surface area contributed by atoms with Gasteiger partial charge in [-0.1, -0.05) is 66.4 Å². The lowest BCUT2D eigenvalue weighted by atomic mass is 9.83. The molecule has 0 bridgehead atoms. The van der Waals surface area contributed by atoms with Gasteiger partial charge in [0, 0.05) is 27.1 Å². The lowest BCUT2D eigenvalue weighted by Crippen LogP contribution is -2.24. The number of ketones is 2. The van der Waals surface area contributed by atoms with E-state index in [2.05, 4.69) is 5.32 Å². The van der Waals surface area contributed by atoms with Crippen molar-refractivity contribution < 1.29 is 19.5 Å². The first-order valence-electron chi connectivity index (χ1n) is 10.2. The summed E-state index contributed by atoms with van der Waals surface area (Å²) in [6.45, 7) is 0. The Balaban J connectivity index is 1.65. The van der Waals surface area contributed by atoms with Crippen LogP contribution in [0.3, 0.4) is 0 Å². The molecule has 0 heterocycles. The Kier molecular flexibility index (Phi) is 5.28. The smallest absolute Gasteiger partial charge is 0.255 e. The number of carbonyl (C=O) groups is 3. The van der Waals surface area contributed by atoms with Gasteiger partial charge in [0.15, 0.2) is 11.6 Å². The third-order valence-corrected chi connectivity index (χ3v) is 6.53. The summed E-state index contributed by atoms with van der Waals surface area (Å²) in [5, 5.41) is 13.0. The average Bonchev–Trinajstić information content (AvgIpc) is 2.85. The highest BCUT2D eigenvalue weighted by Crippen LogP contribution is 2.42. The number of phenolic OH excluding ortho intramolecular Hbond substituents is 1. The number of nitrogens with one attached hydrogen (secondary N) is 1. The molecule has 4 aromatic rings. The van der Waals surface area contributed by atoms with Gasteiger partial charge >= 0.3 is 0 Å². The molecule has 2 N–H and O–H groups in total. The first kappa shape index (κ1) is 20.7. The number of rotatable bonds is 4. The van der Waals surface area contributed by atoms with Crippen LogP contribution in [0.5, 0.6) is 5.75 Å². The van der Waals surface area contributed by atoms with Crippen molar-refractivity contribution >= 4 is 34.9 Å². The van der Waals surface area contributed by atoms with Crippen LogP contribution in [-0.2, 0) is 0 Å². The number of phenols is 1. The van der Waals surface area contributed by atoms with Crippen LogP contribution in [0.15, 0.2) is 101 Å². The summed E-state index contributed by atoms with van der Waals surface area (Å²) in [6.07, 6.45) is 0. The normalized spacial score (nSPS) is 12.1. The second-order valence-electron chi connectivity index (χ2n) is 7.46. The Bertz CT molecular complexity index is 1430. The molecule has 5 rings (SSSR count). The summed E-state index contributed by atoms with van der Waals surface area (Å²) in [4.78, 5) is 40.9. The van der Waals surface area contributed by atoms with Gasteiger partial charge in [-0.3, -0.25) is 14.4 Å². The van der Waals surface area contributed by atoms with Gasteiger partial charge in [0.05, 0.1) is 16.1 Å². The van der Waals surface area contributed by atoms with Gasteiger partial charge < -0.3 is 10.4 Å². The van der Waals surface area contributed by atoms with Crippen LogP contribution in [0.1, 0.15) is 42.2 Å². The van der Waals surface area contributed by atoms with Gasteiger partial charge in [-0.15, -0.1) is 0 Å². The maximum Gasteiger partial charge on any atom is 0.255 e. The van der Waals surface area contributed by atoms with Crippen LogP contribution in [0.2, 0.25) is 0 Å². The van der Waals surface area contributed by atoms with E-state index in [1.807, 2.05) is 6.07 Å². The number of aromatic hydroxyl groups is 1. The van der Waals surface area contributed by atoms with E-state index in [-0.39, 0.29) is 40.0 Å². The lowest BCUT2D eigenvalue weighted by molar-refractivity contribution is 0.0976. The molecule has 0 saturated heterocycles. The first-order chi connectivity index (χ1) is 16.0. The van der Waals surface area contributed by atoms with Crippen molar-refractivity contribution in [3.63, 3.8) is 0 Å². The summed E-state index contributed by atoms with van der Waals surface area (Å²) in [6, 6.07) is 25.4. The summed E-state index contributed by atoms with van der Waals surface area (Å²) in [5.74, 6) is -0.928. The maximum atomic E-state index is 13.5. The third-order valence-electron chi connectivity index (χ3n) is 5.41. The number of amides is 1. The van der Waals surface area contributed by atoms with Crippen LogP contribution in [0.25, 0.3) is 0 Å². The molecule has 4 aromatic carbocycles. The number of benzene rings is 4. The molecule has 6 heteroatoms. The largest absolute Gasteiger partial charge is 0.507 e. The summed E-state index contributed by atoms with van der Waals surface area (Å²) >= 11 is 1.20. The zero-order valence-corrected chi connectivity index (χ0v) is 18.1. The third kappa shape index (κ3) is 3.70. The van der Waals surface area contributed by atoms with Crippen LogP contribution in [0, 0.1) is 0 Å². The van der Waals surface area contributed by atoms with Gasteiger partial charge in [0.25, 0.3) is 5.91 Å². The minimum absolute atomic E-state index is 0.0766. The van der Waals surface area contributed by atoms with E-state index in [0.29, 0.717) is 26.5 Å². The zero-order chi connectivity index (χ0) is 22.9. The molecule has 5 nitrogen and oxygen atoms in total. The van der Waals surface area contributed by atoms with Gasteiger partial charge in [-0.2, -0.15) is 0 Å². The molecule has 0 atom stereocenters. The molecule has 0 radical (unpaired) electrons. The molecule has 0 unspecified atom stereocenters. The van der Waals surface area contributed by atoms with E-state index < -0.39 is 0 Å². The highest BCUT2D eigenvalue weighted by atomic mass is 32.2. The van der Waals surface area contributed by atoms with Crippen molar-refractivity contribution in [3.05, 3.63) is 119 Å². The SMILES string of the molecule is O=C(Nc1ccc(Sc2ccccc2O)c2c1C(=O)c1ccccc1C2=O)c1ccccc1. The van der Waals surface area contributed by atoms with Gasteiger partial charge in [-0.05, 0) is 36.4 Å². The highest BCUT2D eigenvalue weighted by molar-refractivity contribution is 7.99. The molecule has 0 fully saturated rings. The van der Waals surface area contributed by atoms with E-state index in [9.17, 15) is 19.5 Å². The molecule has 160 valence electrons. The van der Waals surface area contributed by atoms with E-state index >= 15 is 0 Å². The topological polar surface area (TPSA) is 83.5 Å². The molecule has 1 aliphatic rings. The Labute approximate surface area is 194 Å². The quantitative estimate of drug-likeness (QED) is 0.373. The molecule has 1 amide bonds.